The maximum atomic E-state index is 12.1. The van der Waals surface area contributed by atoms with E-state index in [4.69, 9.17) is 0 Å². The zero-order valence-corrected chi connectivity index (χ0v) is 10.4. The lowest BCUT2D eigenvalue weighted by Crippen LogP contribution is -2.39. The van der Waals surface area contributed by atoms with Crippen molar-refractivity contribution in [2.75, 3.05) is 26.7 Å². The Morgan fingerprint density at radius 1 is 1.53 bits per heavy atom. The minimum absolute atomic E-state index is 0.141. The number of H-pyrrole nitrogens is 1. The lowest BCUT2D eigenvalue weighted by Gasteiger charge is -2.31. The van der Waals surface area contributed by atoms with E-state index >= 15 is 0 Å². The van der Waals surface area contributed by atoms with Crippen LogP contribution in [-0.2, 0) is 0 Å². The first-order valence-electron chi connectivity index (χ1n) is 6.38. The Morgan fingerprint density at radius 3 is 2.88 bits per heavy atom. The number of aromatic nitrogens is 1. The van der Waals surface area contributed by atoms with Gasteiger partial charge in [0.15, 0.2) is 0 Å². The van der Waals surface area contributed by atoms with Crippen molar-refractivity contribution < 1.29 is 4.79 Å². The van der Waals surface area contributed by atoms with Crippen molar-refractivity contribution in [3.05, 3.63) is 24.0 Å². The highest BCUT2D eigenvalue weighted by molar-refractivity contribution is 5.92. The summed E-state index contributed by atoms with van der Waals surface area (Å²) in [4.78, 5) is 17.0. The van der Waals surface area contributed by atoms with Crippen molar-refractivity contribution in [1.29, 1.82) is 0 Å². The van der Waals surface area contributed by atoms with Gasteiger partial charge >= 0.3 is 0 Å². The van der Waals surface area contributed by atoms with E-state index in [0.29, 0.717) is 5.69 Å². The van der Waals surface area contributed by atoms with Crippen molar-refractivity contribution in [3.63, 3.8) is 0 Å². The summed E-state index contributed by atoms with van der Waals surface area (Å²) in [7, 11) is 1.99. The number of aromatic amines is 1. The Labute approximate surface area is 102 Å². The molecule has 1 aromatic rings. The molecule has 1 aromatic heterocycles. The number of hydrogen-bond acceptors (Lipinski definition) is 2. The molecule has 1 fully saturated rings. The third-order valence-corrected chi connectivity index (χ3v) is 3.53. The zero-order chi connectivity index (χ0) is 12.1. The highest BCUT2D eigenvalue weighted by Crippen LogP contribution is 2.21. The van der Waals surface area contributed by atoms with Crippen LogP contribution in [0.5, 0.6) is 0 Å². The predicted molar refractivity (Wildman–Crippen MR) is 68.0 cm³/mol. The second-order valence-electron chi connectivity index (χ2n) is 4.71. The molecule has 0 saturated carbocycles. The Balaban J connectivity index is 1.81. The van der Waals surface area contributed by atoms with Crippen LogP contribution in [0.1, 0.15) is 29.8 Å². The molecule has 17 heavy (non-hydrogen) atoms. The fraction of sp³-hybridized carbons (Fsp3) is 0.615. The topological polar surface area (TPSA) is 48.1 Å². The average Bonchev–Trinajstić information content (AvgIpc) is 2.90. The molecule has 0 aliphatic carbocycles. The van der Waals surface area contributed by atoms with Gasteiger partial charge in [0.1, 0.15) is 5.69 Å². The molecule has 0 radical (unpaired) electrons. The van der Waals surface area contributed by atoms with Gasteiger partial charge in [-0.3, -0.25) is 4.79 Å². The van der Waals surface area contributed by atoms with Crippen LogP contribution >= 0.6 is 0 Å². The Morgan fingerprint density at radius 2 is 2.29 bits per heavy atom. The standard InChI is InChI=1S/C13H21N3O/c1-14-8-4-11-5-9-16(10-6-11)13(17)12-3-2-7-15-12/h2-3,7,11,14-15H,4-6,8-10H2,1H3. The van der Waals surface area contributed by atoms with E-state index in [1.54, 1.807) is 6.20 Å². The fourth-order valence-electron chi connectivity index (χ4n) is 2.41. The first-order chi connectivity index (χ1) is 8.31. The van der Waals surface area contributed by atoms with Crippen LogP contribution in [0.4, 0.5) is 0 Å². The molecule has 2 N–H and O–H groups in total. The van der Waals surface area contributed by atoms with Gasteiger partial charge in [-0.05, 0) is 50.9 Å². The smallest absolute Gasteiger partial charge is 0.270 e. The molecule has 2 heterocycles. The van der Waals surface area contributed by atoms with E-state index in [2.05, 4.69) is 10.3 Å². The number of amides is 1. The van der Waals surface area contributed by atoms with E-state index in [1.807, 2.05) is 24.1 Å². The maximum absolute atomic E-state index is 12.1. The Bertz CT molecular complexity index is 340. The fourth-order valence-corrected chi connectivity index (χ4v) is 2.41. The third-order valence-electron chi connectivity index (χ3n) is 3.53. The minimum Gasteiger partial charge on any atom is -0.357 e. The summed E-state index contributed by atoms with van der Waals surface area (Å²) in [5, 5.41) is 3.19. The molecular formula is C13H21N3O. The highest BCUT2D eigenvalue weighted by Gasteiger charge is 2.23. The zero-order valence-electron chi connectivity index (χ0n) is 10.4. The lowest BCUT2D eigenvalue weighted by molar-refractivity contribution is 0.0682. The molecule has 4 heteroatoms. The average molecular weight is 235 g/mol. The summed E-state index contributed by atoms with van der Waals surface area (Å²) < 4.78 is 0. The number of nitrogens with one attached hydrogen (secondary N) is 2. The van der Waals surface area contributed by atoms with E-state index in [0.717, 1.165) is 38.4 Å². The minimum atomic E-state index is 0.141. The lowest BCUT2D eigenvalue weighted by atomic mass is 9.93. The molecule has 4 nitrogen and oxygen atoms in total. The van der Waals surface area contributed by atoms with Gasteiger partial charge in [-0.1, -0.05) is 0 Å². The molecule has 1 saturated heterocycles. The highest BCUT2D eigenvalue weighted by atomic mass is 16.2. The maximum Gasteiger partial charge on any atom is 0.270 e. The van der Waals surface area contributed by atoms with Gasteiger partial charge in [0.25, 0.3) is 5.91 Å². The first kappa shape index (κ1) is 12.2. The number of rotatable bonds is 4. The molecule has 94 valence electrons. The van der Waals surface area contributed by atoms with Crippen LogP contribution in [0, 0.1) is 5.92 Å². The van der Waals surface area contributed by atoms with Crippen LogP contribution in [0.3, 0.4) is 0 Å². The van der Waals surface area contributed by atoms with Gasteiger partial charge < -0.3 is 15.2 Å². The molecular weight excluding hydrogens is 214 g/mol. The largest absolute Gasteiger partial charge is 0.357 e. The molecule has 0 unspecified atom stereocenters. The number of likely N-dealkylation sites (tertiary alicyclic amines) is 1. The first-order valence-corrected chi connectivity index (χ1v) is 6.38. The van der Waals surface area contributed by atoms with E-state index in [-0.39, 0.29) is 5.91 Å². The van der Waals surface area contributed by atoms with E-state index in [1.165, 1.54) is 6.42 Å². The quantitative estimate of drug-likeness (QED) is 0.830. The molecule has 0 bridgehead atoms. The monoisotopic (exact) mass is 235 g/mol. The van der Waals surface area contributed by atoms with E-state index in [9.17, 15) is 4.79 Å². The summed E-state index contributed by atoms with van der Waals surface area (Å²) in [5.41, 5.74) is 0.707. The van der Waals surface area contributed by atoms with Gasteiger partial charge in [-0.25, -0.2) is 0 Å². The summed E-state index contributed by atoms with van der Waals surface area (Å²) >= 11 is 0. The number of hydrogen-bond donors (Lipinski definition) is 2. The molecule has 1 amide bonds. The molecule has 0 spiro atoms. The number of carbonyl (C=O) groups excluding carboxylic acids is 1. The van der Waals surface area contributed by atoms with Gasteiger partial charge in [0, 0.05) is 19.3 Å². The van der Waals surface area contributed by atoms with Gasteiger partial charge in [0.05, 0.1) is 0 Å². The van der Waals surface area contributed by atoms with E-state index < -0.39 is 0 Å². The van der Waals surface area contributed by atoms with Crippen LogP contribution in [0.15, 0.2) is 18.3 Å². The van der Waals surface area contributed by atoms with Crippen LogP contribution in [0.25, 0.3) is 0 Å². The second-order valence-corrected chi connectivity index (χ2v) is 4.71. The van der Waals surface area contributed by atoms with Crippen molar-refractivity contribution in [1.82, 2.24) is 15.2 Å². The van der Waals surface area contributed by atoms with Gasteiger partial charge in [-0.15, -0.1) is 0 Å². The SMILES string of the molecule is CNCCC1CCN(C(=O)c2ccc[nH]2)CC1. The molecule has 2 rings (SSSR count). The Kier molecular flexibility index (Phi) is 4.20. The van der Waals surface area contributed by atoms with Crippen molar-refractivity contribution >= 4 is 5.91 Å². The number of carbonyl (C=O) groups is 1. The summed E-state index contributed by atoms with van der Waals surface area (Å²) in [6.07, 6.45) is 5.29. The molecule has 0 atom stereocenters. The van der Waals surface area contributed by atoms with Crippen LogP contribution < -0.4 is 5.32 Å². The predicted octanol–water partition coefficient (Wildman–Crippen LogP) is 1.48. The number of piperidine rings is 1. The third kappa shape index (κ3) is 3.09. The van der Waals surface area contributed by atoms with Crippen molar-refractivity contribution in [2.45, 2.75) is 19.3 Å². The van der Waals surface area contributed by atoms with Crippen molar-refractivity contribution in [2.24, 2.45) is 5.92 Å². The molecule has 1 aliphatic heterocycles. The van der Waals surface area contributed by atoms with Gasteiger partial charge in [-0.2, -0.15) is 0 Å². The Hall–Kier alpha value is -1.29. The van der Waals surface area contributed by atoms with Gasteiger partial charge in [0.2, 0.25) is 0 Å². The number of nitrogens with zero attached hydrogens (tertiary/aromatic N) is 1. The van der Waals surface area contributed by atoms with Crippen LogP contribution in [0.2, 0.25) is 0 Å². The van der Waals surface area contributed by atoms with Crippen molar-refractivity contribution in [3.8, 4) is 0 Å². The second kappa shape index (κ2) is 5.87. The summed E-state index contributed by atoms with van der Waals surface area (Å²) in [6, 6.07) is 3.71. The summed E-state index contributed by atoms with van der Waals surface area (Å²) in [6.45, 7) is 2.87. The van der Waals surface area contributed by atoms with Crippen LogP contribution in [-0.4, -0.2) is 42.5 Å². The summed E-state index contributed by atoms with van der Waals surface area (Å²) in [5.74, 6) is 0.914. The normalized spacial score (nSPS) is 17.4. The molecule has 1 aliphatic rings. The molecule has 0 aromatic carbocycles.